The molecule has 1 atom stereocenters. The Hall–Kier alpha value is -0.810. The van der Waals surface area contributed by atoms with Gasteiger partial charge in [-0.25, -0.2) is 4.79 Å². The van der Waals surface area contributed by atoms with Gasteiger partial charge in [0, 0.05) is 5.54 Å². The Labute approximate surface area is 109 Å². The Morgan fingerprint density at radius 1 is 1.44 bits per heavy atom. The maximum atomic E-state index is 11.8. The monoisotopic (exact) mass is 258 g/mol. The van der Waals surface area contributed by atoms with Gasteiger partial charge in [-0.05, 0) is 39.5 Å². The molecule has 1 unspecified atom stereocenters. The van der Waals surface area contributed by atoms with Crippen molar-refractivity contribution in [1.29, 1.82) is 0 Å². The Morgan fingerprint density at radius 2 is 1.94 bits per heavy atom. The lowest BCUT2D eigenvalue weighted by Gasteiger charge is -2.49. The number of amides is 1. The van der Waals surface area contributed by atoms with Crippen LogP contribution in [0.15, 0.2) is 0 Å². The van der Waals surface area contributed by atoms with Crippen molar-refractivity contribution in [1.82, 2.24) is 5.32 Å². The van der Waals surface area contributed by atoms with Gasteiger partial charge in [-0.2, -0.15) is 0 Å². The number of carbonyl (C=O) groups excluding carboxylic acids is 1. The molecule has 1 fully saturated rings. The molecule has 0 aromatic heterocycles. The molecule has 5 heteroatoms. The first-order valence-corrected chi connectivity index (χ1v) is 6.50. The summed E-state index contributed by atoms with van der Waals surface area (Å²) in [5, 5.41) is 12.2. The van der Waals surface area contributed by atoms with Gasteiger partial charge in [-0.15, -0.1) is 0 Å². The molecule has 1 aliphatic carbocycles. The van der Waals surface area contributed by atoms with Crippen LogP contribution in [-0.2, 0) is 4.74 Å². The van der Waals surface area contributed by atoms with Crippen LogP contribution >= 0.6 is 0 Å². The molecule has 0 aromatic carbocycles. The van der Waals surface area contributed by atoms with E-state index < -0.39 is 17.2 Å². The second kappa shape index (κ2) is 5.05. The number of ether oxygens (including phenoxy) is 1. The standard InChI is InChI=1S/C13H26N2O3/c1-8(2)10(13(14)6-9(16)7-13)15-11(17)18-12(3,4)5/h8-10,16H,6-7,14H2,1-5H3,(H,15,17). The summed E-state index contributed by atoms with van der Waals surface area (Å²) in [6, 6.07) is -0.184. The fourth-order valence-electron chi connectivity index (χ4n) is 2.48. The van der Waals surface area contributed by atoms with Crippen LogP contribution in [0.2, 0.25) is 0 Å². The molecular formula is C13H26N2O3. The maximum Gasteiger partial charge on any atom is 0.407 e. The molecule has 0 aliphatic heterocycles. The van der Waals surface area contributed by atoms with Crippen LogP contribution < -0.4 is 11.1 Å². The third kappa shape index (κ3) is 3.85. The van der Waals surface area contributed by atoms with Gasteiger partial charge in [-0.3, -0.25) is 0 Å². The normalized spacial score (nSPS) is 29.7. The van der Waals surface area contributed by atoms with Crippen molar-refractivity contribution < 1.29 is 14.6 Å². The second-order valence-electron chi connectivity index (χ2n) is 6.66. The highest BCUT2D eigenvalue weighted by atomic mass is 16.6. The van der Waals surface area contributed by atoms with E-state index in [9.17, 15) is 9.90 Å². The largest absolute Gasteiger partial charge is 0.444 e. The molecule has 0 aromatic rings. The molecule has 1 saturated carbocycles. The Kier molecular flexibility index (Phi) is 4.28. The number of nitrogens with one attached hydrogen (secondary N) is 1. The third-order valence-electron chi connectivity index (χ3n) is 3.19. The number of hydrogen-bond acceptors (Lipinski definition) is 4. The van der Waals surface area contributed by atoms with E-state index in [1.54, 1.807) is 0 Å². The number of carbonyl (C=O) groups is 1. The van der Waals surface area contributed by atoms with Crippen molar-refractivity contribution in [2.24, 2.45) is 11.7 Å². The van der Waals surface area contributed by atoms with Crippen LogP contribution in [0.5, 0.6) is 0 Å². The number of aliphatic hydroxyl groups excluding tert-OH is 1. The van der Waals surface area contributed by atoms with Crippen molar-refractivity contribution in [2.45, 2.75) is 70.7 Å². The number of rotatable bonds is 3. The summed E-state index contributed by atoms with van der Waals surface area (Å²) in [6.07, 6.45) is 0.237. The number of aliphatic hydroxyl groups is 1. The van der Waals surface area contributed by atoms with E-state index in [0.29, 0.717) is 12.8 Å². The molecular weight excluding hydrogens is 232 g/mol. The van der Waals surface area contributed by atoms with E-state index in [1.807, 2.05) is 34.6 Å². The molecule has 0 bridgehead atoms. The predicted molar refractivity (Wildman–Crippen MR) is 70.2 cm³/mol. The molecule has 0 saturated heterocycles. The van der Waals surface area contributed by atoms with Crippen molar-refractivity contribution >= 4 is 6.09 Å². The highest BCUT2D eigenvalue weighted by Gasteiger charge is 2.48. The van der Waals surface area contributed by atoms with Gasteiger partial charge in [0.05, 0.1) is 12.1 Å². The number of nitrogens with two attached hydrogens (primary N) is 1. The lowest BCUT2D eigenvalue weighted by molar-refractivity contribution is -0.0116. The molecule has 1 amide bonds. The Bertz CT molecular complexity index is 304. The zero-order chi connectivity index (χ0) is 14.1. The highest BCUT2D eigenvalue weighted by molar-refractivity contribution is 5.68. The van der Waals surface area contributed by atoms with Crippen LogP contribution in [0.4, 0.5) is 4.79 Å². The average molecular weight is 258 g/mol. The molecule has 106 valence electrons. The van der Waals surface area contributed by atoms with Gasteiger partial charge in [-0.1, -0.05) is 13.8 Å². The van der Waals surface area contributed by atoms with E-state index in [4.69, 9.17) is 10.5 Å². The minimum atomic E-state index is -0.523. The third-order valence-corrected chi connectivity index (χ3v) is 3.19. The van der Waals surface area contributed by atoms with Crippen molar-refractivity contribution in [3.63, 3.8) is 0 Å². The highest BCUT2D eigenvalue weighted by Crippen LogP contribution is 2.35. The van der Waals surface area contributed by atoms with Crippen LogP contribution in [0.1, 0.15) is 47.5 Å². The molecule has 1 rings (SSSR count). The zero-order valence-electron chi connectivity index (χ0n) is 12.0. The minimum absolute atomic E-state index is 0.184. The molecule has 1 aliphatic rings. The van der Waals surface area contributed by atoms with Crippen molar-refractivity contribution in [3.8, 4) is 0 Å². The fraction of sp³-hybridized carbons (Fsp3) is 0.923. The van der Waals surface area contributed by atoms with Crippen LogP contribution in [0.3, 0.4) is 0 Å². The SMILES string of the molecule is CC(C)C(NC(=O)OC(C)(C)C)C1(N)CC(O)C1. The summed E-state index contributed by atoms with van der Waals surface area (Å²) in [7, 11) is 0. The lowest BCUT2D eigenvalue weighted by atomic mass is 9.67. The summed E-state index contributed by atoms with van der Waals surface area (Å²) in [4.78, 5) is 11.8. The number of hydrogen-bond donors (Lipinski definition) is 3. The summed E-state index contributed by atoms with van der Waals surface area (Å²) < 4.78 is 5.24. The van der Waals surface area contributed by atoms with Crippen LogP contribution in [0.25, 0.3) is 0 Å². The Morgan fingerprint density at radius 3 is 2.28 bits per heavy atom. The van der Waals surface area contributed by atoms with E-state index in [-0.39, 0.29) is 18.1 Å². The second-order valence-corrected chi connectivity index (χ2v) is 6.66. The van der Waals surface area contributed by atoms with E-state index >= 15 is 0 Å². The van der Waals surface area contributed by atoms with Gasteiger partial charge < -0.3 is 20.9 Å². The molecule has 0 heterocycles. The topological polar surface area (TPSA) is 84.6 Å². The average Bonchev–Trinajstić information content (AvgIpc) is 2.08. The maximum absolute atomic E-state index is 11.8. The Balaban J connectivity index is 2.62. The lowest BCUT2D eigenvalue weighted by Crippen LogP contribution is -2.68. The molecule has 18 heavy (non-hydrogen) atoms. The zero-order valence-corrected chi connectivity index (χ0v) is 12.0. The van der Waals surface area contributed by atoms with Gasteiger partial charge in [0.2, 0.25) is 0 Å². The van der Waals surface area contributed by atoms with Crippen molar-refractivity contribution in [2.75, 3.05) is 0 Å². The van der Waals surface area contributed by atoms with Gasteiger partial charge in [0.1, 0.15) is 5.60 Å². The van der Waals surface area contributed by atoms with E-state index in [2.05, 4.69) is 5.32 Å². The first kappa shape index (κ1) is 15.2. The van der Waals surface area contributed by atoms with Gasteiger partial charge in [0.15, 0.2) is 0 Å². The molecule has 4 N–H and O–H groups in total. The summed E-state index contributed by atoms with van der Waals surface area (Å²) >= 11 is 0. The minimum Gasteiger partial charge on any atom is -0.444 e. The van der Waals surface area contributed by atoms with Gasteiger partial charge in [0.25, 0.3) is 0 Å². The first-order chi connectivity index (χ1) is 8.03. The molecule has 0 radical (unpaired) electrons. The molecule has 0 spiro atoms. The molecule has 5 nitrogen and oxygen atoms in total. The fourth-order valence-corrected chi connectivity index (χ4v) is 2.48. The number of alkyl carbamates (subject to hydrolysis) is 1. The quantitative estimate of drug-likeness (QED) is 0.714. The summed E-state index contributed by atoms with van der Waals surface area (Å²) in [5.41, 5.74) is 5.18. The first-order valence-electron chi connectivity index (χ1n) is 6.50. The van der Waals surface area contributed by atoms with Crippen molar-refractivity contribution in [3.05, 3.63) is 0 Å². The van der Waals surface area contributed by atoms with E-state index in [0.717, 1.165) is 0 Å². The smallest absolute Gasteiger partial charge is 0.407 e. The van der Waals surface area contributed by atoms with E-state index in [1.165, 1.54) is 0 Å². The van der Waals surface area contributed by atoms with Crippen LogP contribution in [0, 0.1) is 5.92 Å². The van der Waals surface area contributed by atoms with Crippen LogP contribution in [-0.4, -0.2) is 34.5 Å². The van der Waals surface area contributed by atoms with Gasteiger partial charge >= 0.3 is 6.09 Å². The summed E-state index contributed by atoms with van der Waals surface area (Å²) in [5.74, 6) is 0.190. The predicted octanol–water partition coefficient (Wildman–Crippen LogP) is 1.39. The summed E-state index contributed by atoms with van der Waals surface area (Å²) in [6.45, 7) is 9.47.